The van der Waals surface area contributed by atoms with E-state index in [0.29, 0.717) is 40.4 Å². The van der Waals surface area contributed by atoms with Gasteiger partial charge in [0.2, 0.25) is 11.8 Å². The third-order valence-electron chi connectivity index (χ3n) is 5.55. The highest BCUT2D eigenvalue weighted by Crippen LogP contribution is 2.39. The van der Waals surface area contributed by atoms with Crippen molar-refractivity contribution in [3.05, 3.63) is 52.0 Å². The topological polar surface area (TPSA) is 105 Å². The summed E-state index contributed by atoms with van der Waals surface area (Å²) in [7, 11) is 0. The average Bonchev–Trinajstić information content (AvgIpc) is 3.52. The zero-order valence-electron chi connectivity index (χ0n) is 18.0. The van der Waals surface area contributed by atoms with Gasteiger partial charge >= 0.3 is 0 Å². The lowest BCUT2D eigenvalue weighted by Crippen LogP contribution is -2.12. The van der Waals surface area contributed by atoms with Crippen LogP contribution in [0.1, 0.15) is 47.5 Å². The lowest BCUT2D eigenvalue weighted by atomic mass is 9.88. The molecule has 3 aromatic heterocycles. The van der Waals surface area contributed by atoms with Gasteiger partial charge in [0.15, 0.2) is 10.2 Å². The molecule has 5 rings (SSSR count). The zero-order chi connectivity index (χ0) is 22.8. The van der Waals surface area contributed by atoms with Gasteiger partial charge in [-0.1, -0.05) is 36.0 Å². The Kier molecular flexibility index (Phi) is 6.44. The molecule has 7 nitrogen and oxygen atoms in total. The fourth-order valence-corrected chi connectivity index (χ4v) is 7.15. The van der Waals surface area contributed by atoms with Crippen LogP contribution in [0.25, 0.3) is 10.2 Å². The highest BCUT2D eigenvalue weighted by atomic mass is 32.2. The normalized spacial score (nSPS) is 15.3. The molecule has 4 aromatic rings. The molecule has 1 atom stereocenters. The highest BCUT2D eigenvalue weighted by Gasteiger charge is 2.24. The Balaban J connectivity index is 1.15. The number of nitrogens with zero attached hydrogens (tertiary/aromatic N) is 4. The third-order valence-corrected chi connectivity index (χ3v) is 8.90. The van der Waals surface area contributed by atoms with E-state index in [1.165, 1.54) is 16.2 Å². The first-order valence-corrected chi connectivity index (χ1v) is 13.3. The molecule has 33 heavy (non-hydrogen) atoms. The Bertz CT molecular complexity index is 1320. The van der Waals surface area contributed by atoms with Crippen LogP contribution in [0.2, 0.25) is 0 Å². The summed E-state index contributed by atoms with van der Waals surface area (Å²) in [4.78, 5) is 22.7. The summed E-state index contributed by atoms with van der Waals surface area (Å²) >= 11 is 4.75. The van der Waals surface area contributed by atoms with Gasteiger partial charge in [0.1, 0.15) is 11.1 Å². The zero-order valence-corrected chi connectivity index (χ0v) is 20.4. The van der Waals surface area contributed by atoms with Crippen LogP contribution in [0.5, 0.6) is 0 Å². The molecule has 1 aliphatic rings. The Morgan fingerprint density at radius 2 is 2.21 bits per heavy atom. The fraction of sp³-hybridized carbons (Fsp3) is 0.348. The molecule has 10 heteroatoms. The molecule has 0 spiro atoms. The van der Waals surface area contributed by atoms with Crippen molar-refractivity contribution in [1.29, 1.82) is 5.26 Å². The van der Waals surface area contributed by atoms with Crippen LogP contribution in [-0.4, -0.2) is 21.0 Å². The van der Waals surface area contributed by atoms with Gasteiger partial charge in [-0.2, -0.15) is 10.2 Å². The molecule has 0 radical (unpaired) electrons. The van der Waals surface area contributed by atoms with Crippen molar-refractivity contribution in [1.82, 2.24) is 15.1 Å². The number of para-hydroxylation sites is 1. The molecule has 1 N–H and O–H groups in total. The molecule has 0 saturated heterocycles. The number of benzene rings is 1. The molecule has 0 saturated carbocycles. The second-order valence-corrected chi connectivity index (χ2v) is 11.4. The van der Waals surface area contributed by atoms with Crippen molar-refractivity contribution in [2.24, 2.45) is 5.92 Å². The van der Waals surface area contributed by atoms with Crippen molar-refractivity contribution in [2.75, 3.05) is 5.32 Å². The van der Waals surface area contributed by atoms with Gasteiger partial charge in [-0.15, -0.1) is 22.7 Å². The van der Waals surface area contributed by atoms with E-state index in [0.717, 1.165) is 39.4 Å². The molecule has 0 aliphatic heterocycles. The summed E-state index contributed by atoms with van der Waals surface area (Å²) in [6, 6.07) is 10.3. The third kappa shape index (κ3) is 4.95. The standard InChI is InChI=1S/C23H21N5O2S3/c1-13-6-7-14-15(11-24)22(32-18(14)10-13)27-20(29)8-9-21-26-19(28-30-21)12-31-23-25-16-4-2-3-5-17(16)33-23/h2-5,13H,6-10,12H2,1H3,(H,27,29). The first-order chi connectivity index (χ1) is 16.1. The summed E-state index contributed by atoms with van der Waals surface area (Å²) in [5.41, 5.74) is 2.73. The van der Waals surface area contributed by atoms with Gasteiger partial charge < -0.3 is 9.84 Å². The maximum Gasteiger partial charge on any atom is 0.227 e. The Morgan fingerprint density at radius 1 is 1.33 bits per heavy atom. The van der Waals surface area contributed by atoms with E-state index in [1.54, 1.807) is 23.1 Å². The molecule has 0 fully saturated rings. The Morgan fingerprint density at radius 3 is 3.06 bits per heavy atom. The van der Waals surface area contributed by atoms with Crippen molar-refractivity contribution in [2.45, 2.75) is 49.1 Å². The number of carbonyl (C=O) groups excluding carboxylic acids is 1. The van der Waals surface area contributed by atoms with Crippen molar-refractivity contribution in [3.8, 4) is 6.07 Å². The number of hydrogen-bond acceptors (Lipinski definition) is 9. The SMILES string of the molecule is CC1CCc2c(sc(NC(=O)CCc3nc(CSc4nc5ccccc5s4)no3)c2C#N)C1. The van der Waals surface area contributed by atoms with Crippen LogP contribution in [0.15, 0.2) is 33.1 Å². The summed E-state index contributed by atoms with van der Waals surface area (Å²) in [5.74, 6) is 2.04. The predicted molar refractivity (Wildman–Crippen MR) is 131 cm³/mol. The number of aryl methyl sites for hydroxylation is 1. The molecular weight excluding hydrogens is 474 g/mol. The quantitative estimate of drug-likeness (QED) is 0.333. The van der Waals surface area contributed by atoms with Gasteiger partial charge in [0.05, 0.1) is 21.5 Å². The molecule has 1 amide bonds. The van der Waals surface area contributed by atoms with Crippen molar-refractivity contribution < 1.29 is 9.32 Å². The number of anilines is 1. The minimum atomic E-state index is -0.151. The number of rotatable bonds is 7. The van der Waals surface area contributed by atoms with Crippen LogP contribution in [0.3, 0.4) is 0 Å². The van der Waals surface area contributed by atoms with Gasteiger partial charge in [-0.3, -0.25) is 4.79 Å². The lowest BCUT2D eigenvalue weighted by molar-refractivity contribution is -0.116. The minimum Gasteiger partial charge on any atom is -0.339 e. The van der Waals surface area contributed by atoms with Crippen LogP contribution in [-0.2, 0) is 29.8 Å². The van der Waals surface area contributed by atoms with E-state index >= 15 is 0 Å². The van der Waals surface area contributed by atoms with Crippen LogP contribution < -0.4 is 5.32 Å². The second kappa shape index (κ2) is 9.63. The number of thiophene rings is 1. The van der Waals surface area contributed by atoms with Crippen LogP contribution in [0.4, 0.5) is 5.00 Å². The van der Waals surface area contributed by atoms with E-state index in [2.05, 4.69) is 39.5 Å². The van der Waals surface area contributed by atoms with Gasteiger partial charge in [0, 0.05) is 17.7 Å². The summed E-state index contributed by atoms with van der Waals surface area (Å²) < 4.78 is 7.43. The first-order valence-electron chi connectivity index (χ1n) is 10.7. The summed E-state index contributed by atoms with van der Waals surface area (Å²) in [6.45, 7) is 2.23. The Labute approximate surface area is 203 Å². The van der Waals surface area contributed by atoms with Crippen LogP contribution in [0, 0.1) is 17.2 Å². The first kappa shape index (κ1) is 22.1. The van der Waals surface area contributed by atoms with E-state index in [9.17, 15) is 10.1 Å². The van der Waals surface area contributed by atoms with E-state index in [1.807, 2.05) is 18.2 Å². The number of fused-ring (bicyclic) bond motifs is 2. The number of nitriles is 1. The number of carbonyl (C=O) groups is 1. The van der Waals surface area contributed by atoms with Gasteiger partial charge in [-0.25, -0.2) is 4.98 Å². The number of amides is 1. The monoisotopic (exact) mass is 495 g/mol. The summed E-state index contributed by atoms with van der Waals surface area (Å²) in [5, 5.41) is 17.2. The molecule has 0 bridgehead atoms. The van der Waals surface area contributed by atoms with Gasteiger partial charge in [-0.05, 0) is 42.9 Å². The molecule has 3 heterocycles. The van der Waals surface area contributed by atoms with E-state index in [-0.39, 0.29) is 12.3 Å². The van der Waals surface area contributed by atoms with Crippen molar-refractivity contribution >= 4 is 55.6 Å². The van der Waals surface area contributed by atoms with E-state index in [4.69, 9.17) is 4.52 Å². The Hall–Kier alpha value is -2.74. The minimum absolute atomic E-state index is 0.151. The molecule has 1 unspecified atom stereocenters. The fourth-order valence-electron chi connectivity index (χ4n) is 3.86. The predicted octanol–water partition coefficient (Wildman–Crippen LogP) is 5.60. The smallest absolute Gasteiger partial charge is 0.227 e. The lowest BCUT2D eigenvalue weighted by Gasteiger charge is -2.17. The van der Waals surface area contributed by atoms with Crippen molar-refractivity contribution in [3.63, 3.8) is 0 Å². The molecule has 168 valence electrons. The number of thiazole rings is 1. The van der Waals surface area contributed by atoms with Gasteiger partial charge in [0.25, 0.3) is 0 Å². The largest absolute Gasteiger partial charge is 0.339 e. The number of aromatic nitrogens is 3. The van der Waals surface area contributed by atoms with Crippen LogP contribution >= 0.6 is 34.4 Å². The highest BCUT2D eigenvalue weighted by molar-refractivity contribution is 8.00. The molecule has 1 aromatic carbocycles. The number of thioether (sulfide) groups is 1. The second-order valence-electron chi connectivity index (χ2n) is 8.06. The maximum absolute atomic E-state index is 12.5. The maximum atomic E-state index is 12.5. The number of nitrogens with one attached hydrogen (secondary N) is 1. The van der Waals surface area contributed by atoms with E-state index < -0.39 is 0 Å². The molecule has 1 aliphatic carbocycles. The molecular formula is C23H21N5O2S3. The average molecular weight is 496 g/mol. The number of hydrogen-bond donors (Lipinski definition) is 1. The summed E-state index contributed by atoms with van der Waals surface area (Å²) in [6.07, 6.45) is 3.55.